The Morgan fingerprint density at radius 3 is 2.56 bits per heavy atom. The highest BCUT2D eigenvalue weighted by molar-refractivity contribution is 5.95. The lowest BCUT2D eigenvalue weighted by molar-refractivity contribution is -0.122. The van der Waals surface area contributed by atoms with Crippen LogP contribution in [0.15, 0.2) is 36.5 Å². The summed E-state index contributed by atoms with van der Waals surface area (Å²) >= 11 is 0. The molecule has 6 nitrogen and oxygen atoms in total. The quantitative estimate of drug-likeness (QED) is 0.852. The van der Waals surface area contributed by atoms with E-state index >= 15 is 0 Å². The van der Waals surface area contributed by atoms with E-state index in [1.807, 2.05) is 55.3 Å². The zero-order valence-electron chi connectivity index (χ0n) is 16.1. The van der Waals surface area contributed by atoms with Gasteiger partial charge in [0, 0.05) is 32.3 Å². The van der Waals surface area contributed by atoms with E-state index in [1.54, 1.807) is 4.68 Å². The largest absolute Gasteiger partial charge is 0.356 e. The first-order valence-electron chi connectivity index (χ1n) is 9.76. The van der Waals surface area contributed by atoms with E-state index in [1.165, 1.54) is 0 Å². The third-order valence-corrected chi connectivity index (χ3v) is 5.10. The molecule has 1 aliphatic heterocycles. The summed E-state index contributed by atoms with van der Waals surface area (Å²) in [6.45, 7) is 6.05. The Bertz CT molecular complexity index is 777. The van der Waals surface area contributed by atoms with Crippen molar-refractivity contribution in [2.75, 3.05) is 19.6 Å². The van der Waals surface area contributed by atoms with E-state index in [2.05, 4.69) is 10.4 Å². The fourth-order valence-corrected chi connectivity index (χ4v) is 3.49. The molecule has 0 aliphatic carbocycles. The molecule has 2 heterocycles. The molecule has 1 aromatic heterocycles. The highest BCUT2D eigenvalue weighted by Gasteiger charge is 2.27. The Hall–Kier alpha value is -2.63. The number of nitrogens with one attached hydrogen (secondary N) is 1. The maximum Gasteiger partial charge on any atom is 0.257 e. The van der Waals surface area contributed by atoms with Crippen molar-refractivity contribution in [1.29, 1.82) is 0 Å². The summed E-state index contributed by atoms with van der Waals surface area (Å²) in [5.74, 6) is 0.518. The molecular weight excluding hydrogens is 340 g/mol. The van der Waals surface area contributed by atoms with Crippen LogP contribution in [0.2, 0.25) is 0 Å². The first-order valence-corrected chi connectivity index (χ1v) is 9.76. The molecule has 1 saturated heterocycles. The maximum absolute atomic E-state index is 12.9. The van der Waals surface area contributed by atoms with Gasteiger partial charge in [0.1, 0.15) is 0 Å². The van der Waals surface area contributed by atoms with Gasteiger partial charge in [-0.2, -0.15) is 5.10 Å². The van der Waals surface area contributed by atoms with Crippen LogP contribution in [0.1, 0.15) is 48.7 Å². The normalized spacial score (nSPS) is 15.0. The van der Waals surface area contributed by atoms with Crippen molar-refractivity contribution in [3.8, 4) is 5.69 Å². The summed E-state index contributed by atoms with van der Waals surface area (Å²) in [4.78, 5) is 26.7. The van der Waals surface area contributed by atoms with E-state index in [9.17, 15) is 9.59 Å². The number of nitrogens with zero attached hydrogens (tertiary/aromatic N) is 3. The third-order valence-electron chi connectivity index (χ3n) is 5.10. The van der Waals surface area contributed by atoms with E-state index in [0.29, 0.717) is 31.0 Å². The van der Waals surface area contributed by atoms with Gasteiger partial charge in [-0.25, -0.2) is 4.68 Å². The Labute approximate surface area is 160 Å². The SMILES string of the molecule is CCCNC(=O)CC1CCN(C(=O)c2cn(-c3ccccc3)nc2C)CC1. The van der Waals surface area contributed by atoms with Crippen LogP contribution in [0.5, 0.6) is 0 Å². The highest BCUT2D eigenvalue weighted by Crippen LogP contribution is 2.23. The van der Waals surface area contributed by atoms with Crippen LogP contribution in [0.25, 0.3) is 5.69 Å². The van der Waals surface area contributed by atoms with E-state index < -0.39 is 0 Å². The molecule has 1 N–H and O–H groups in total. The van der Waals surface area contributed by atoms with Gasteiger partial charge < -0.3 is 10.2 Å². The predicted octanol–water partition coefficient (Wildman–Crippen LogP) is 2.95. The summed E-state index contributed by atoms with van der Waals surface area (Å²) in [6, 6.07) is 9.80. The number of para-hydroxylation sites is 1. The molecule has 27 heavy (non-hydrogen) atoms. The van der Waals surface area contributed by atoms with Gasteiger partial charge in [0.15, 0.2) is 0 Å². The maximum atomic E-state index is 12.9. The lowest BCUT2D eigenvalue weighted by Crippen LogP contribution is -2.39. The number of benzene rings is 1. The average molecular weight is 368 g/mol. The zero-order chi connectivity index (χ0) is 19.2. The molecule has 1 aliphatic rings. The number of amides is 2. The standard InChI is InChI=1S/C21H28N4O2/c1-3-11-22-20(26)14-17-9-12-24(13-10-17)21(27)19-15-25(23-16(19)2)18-7-5-4-6-8-18/h4-8,15,17H,3,9-14H2,1-2H3,(H,22,26). The summed E-state index contributed by atoms with van der Waals surface area (Å²) < 4.78 is 1.76. The zero-order valence-corrected chi connectivity index (χ0v) is 16.1. The van der Waals surface area contributed by atoms with Crippen molar-refractivity contribution in [2.24, 2.45) is 5.92 Å². The van der Waals surface area contributed by atoms with Crippen molar-refractivity contribution in [3.05, 3.63) is 47.8 Å². The molecule has 0 bridgehead atoms. The fourth-order valence-electron chi connectivity index (χ4n) is 3.49. The Kier molecular flexibility index (Phi) is 6.27. The van der Waals surface area contributed by atoms with Crippen molar-refractivity contribution in [1.82, 2.24) is 20.0 Å². The van der Waals surface area contributed by atoms with Crippen LogP contribution < -0.4 is 5.32 Å². The van der Waals surface area contributed by atoms with Gasteiger partial charge in [-0.15, -0.1) is 0 Å². The Morgan fingerprint density at radius 1 is 1.19 bits per heavy atom. The predicted molar refractivity (Wildman–Crippen MR) is 105 cm³/mol. The van der Waals surface area contributed by atoms with Crippen LogP contribution in [0.4, 0.5) is 0 Å². The first kappa shape index (κ1) is 19.1. The number of hydrogen-bond acceptors (Lipinski definition) is 3. The summed E-state index contributed by atoms with van der Waals surface area (Å²) in [5.41, 5.74) is 2.33. The number of piperidine rings is 1. The molecular formula is C21H28N4O2. The molecule has 1 fully saturated rings. The van der Waals surface area contributed by atoms with Gasteiger partial charge in [0.2, 0.25) is 5.91 Å². The van der Waals surface area contributed by atoms with Gasteiger partial charge in [-0.3, -0.25) is 9.59 Å². The van der Waals surface area contributed by atoms with E-state index in [0.717, 1.165) is 37.2 Å². The second-order valence-electron chi connectivity index (χ2n) is 7.20. The first-order chi connectivity index (χ1) is 13.1. The molecule has 1 aromatic carbocycles. The van der Waals surface area contributed by atoms with Crippen molar-refractivity contribution < 1.29 is 9.59 Å². The number of aromatic nitrogens is 2. The highest BCUT2D eigenvalue weighted by atomic mass is 16.2. The van der Waals surface area contributed by atoms with Crippen LogP contribution in [-0.4, -0.2) is 46.1 Å². The lowest BCUT2D eigenvalue weighted by Gasteiger charge is -2.31. The molecule has 0 saturated carbocycles. The van der Waals surface area contributed by atoms with Crippen LogP contribution >= 0.6 is 0 Å². The van der Waals surface area contributed by atoms with Crippen molar-refractivity contribution in [2.45, 2.75) is 39.5 Å². The van der Waals surface area contributed by atoms with Gasteiger partial charge in [0.05, 0.1) is 16.9 Å². The minimum atomic E-state index is 0.0311. The molecule has 2 aromatic rings. The minimum absolute atomic E-state index is 0.0311. The van der Waals surface area contributed by atoms with Gasteiger partial charge in [0.25, 0.3) is 5.91 Å². The van der Waals surface area contributed by atoms with Gasteiger partial charge >= 0.3 is 0 Å². The lowest BCUT2D eigenvalue weighted by atomic mass is 9.93. The second kappa shape index (κ2) is 8.84. The van der Waals surface area contributed by atoms with Crippen molar-refractivity contribution >= 4 is 11.8 Å². The molecule has 3 rings (SSSR count). The second-order valence-corrected chi connectivity index (χ2v) is 7.20. The van der Waals surface area contributed by atoms with E-state index in [4.69, 9.17) is 0 Å². The van der Waals surface area contributed by atoms with Crippen LogP contribution in [0.3, 0.4) is 0 Å². The van der Waals surface area contributed by atoms with Crippen LogP contribution in [0, 0.1) is 12.8 Å². The fraction of sp³-hybridized carbons (Fsp3) is 0.476. The van der Waals surface area contributed by atoms with Gasteiger partial charge in [-0.1, -0.05) is 25.1 Å². The third kappa shape index (κ3) is 4.76. The summed E-state index contributed by atoms with van der Waals surface area (Å²) in [5, 5.41) is 7.43. The number of rotatable bonds is 6. The average Bonchev–Trinajstić information content (AvgIpc) is 3.09. The Morgan fingerprint density at radius 2 is 1.89 bits per heavy atom. The number of aryl methyl sites for hydroxylation is 1. The number of likely N-dealkylation sites (tertiary alicyclic amines) is 1. The van der Waals surface area contributed by atoms with Crippen molar-refractivity contribution in [3.63, 3.8) is 0 Å². The smallest absolute Gasteiger partial charge is 0.257 e. The Balaban J connectivity index is 1.58. The van der Waals surface area contributed by atoms with Gasteiger partial charge in [-0.05, 0) is 44.2 Å². The molecule has 2 amide bonds. The monoisotopic (exact) mass is 368 g/mol. The topological polar surface area (TPSA) is 67.2 Å². The molecule has 6 heteroatoms. The number of hydrogen-bond donors (Lipinski definition) is 1. The summed E-state index contributed by atoms with van der Waals surface area (Å²) in [7, 11) is 0. The summed E-state index contributed by atoms with van der Waals surface area (Å²) in [6.07, 6.45) is 5.08. The molecule has 144 valence electrons. The number of carbonyl (C=O) groups is 2. The van der Waals surface area contributed by atoms with E-state index in [-0.39, 0.29) is 11.8 Å². The molecule has 0 unspecified atom stereocenters. The molecule has 0 atom stereocenters. The van der Waals surface area contributed by atoms with Crippen LogP contribution in [-0.2, 0) is 4.79 Å². The number of carbonyl (C=O) groups excluding carboxylic acids is 2. The molecule has 0 radical (unpaired) electrons. The molecule has 0 spiro atoms. The minimum Gasteiger partial charge on any atom is -0.356 e.